The normalized spacial score (nSPS) is 13.6. The van der Waals surface area contributed by atoms with Gasteiger partial charge < -0.3 is 10.5 Å². The summed E-state index contributed by atoms with van der Waals surface area (Å²) >= 11 is 3.31. The number of aliphatic imine (C=N–C) groups is 1. The highest BCUT2D eigenvalue weighted by Crippen LogP contribution is 2.18. The molecule has 1 atom stereocenters. The van der Waals surface area contributed by atoms with E-state index in [2.05, 4.69) is 35.5 Å². The first-order valence-corrected chi connectivity index (χ1v) is 7.94. The quantitative estimate of drug-likeness (QED) is 0.495. The third-order valence-electron chi connectivity index (χ3n) is 2.30. The van der Waals surface area contributed by atoms with Crippen molar-refractivity contribution in [2.75, 3.05) is 20.0 Å². The summed E-state index contributed by atoms with van der Waals surface area (Å²) in [7, 11) is 1.67. The number of nitrogens with two attached hydrogens (primary N) is 1. The van der Waals surface area contributed by atoms with Crippen LogP contribution in [0.15, 0.2) is 34.2 Å². The zero-order valence-electron chi connectivity index (χ0n) is 11.1. The van der Waals surface area contributed by atoms with Gasteiger partial charge in [0.25, 0.3) is 0 Å². The van der Waals surface area contributed by atoms with Crippen molar-refractivity contribution >= 4 is 28.7 Å². The Kier molecular flexibility index (Phi) is 7.23. The second-order valence-electron chi connectivity index (χ2n) is 3.91. The van der Waals surface area contributed by atoms with E-state index in [-0.39, 0.29) is 6.04 Å². The largest absolute Gasteiger partial charge is 0.382 e. The minimum atomic E-state index is 0.112. The Morgan fingerprint density at radius 3 is 2.61 bits per heavy atom. The average Bonchev–Trinajstić information content (AvgIpc) is 2.37. The third kappa shape index (κ3) is 5.80. The Balaban J connectivity index is 2.43. The molecule has 0 aliphatic rings. The molecule has 18 heavy (non-hydrogen) atoms. The van der Waals surface area contributed by atoms with Crippen LogP contribution in [-0.4, -0.2) is 31.2 Å². The van der Waals surface area contributed by atoms with E-state index in [1.807, 2.05) is 6.92 Å². The van der Waals surface area contributed by atoms with Crippen molar-refractivity contribution in [3.63, 3.8) is 0 Å². The second-order valence-corrected chi connectivity index (χ2v) is 5.78. The summed E-state index contributed by atoms with van der Waals surface area (Å²) < 4.78 is 5.02. The summed E-state index contributed by atoms with van der Waals surface area (Å²) in [5.41, 5.74) is 7.12. The first-order chi connectivity index (χ1) is 8.65. The van der Waals surface area contributed by atoms with Crippen molar-refractivity contribution in [2.24, 2.45) is 10.7 Å². The van der Waals surface area contributed by atoms with Crippen LogP contribution in [0.2, 0.25) is 0 Å². The molecule has 3 nitrogen and oxygen atoms in total. The Morgan fingerprint density at radius 2 is 2.06 bits per heavy atom. The number of hydrogen-bond acceptors (Lipinski definition) is 4. The number of hydrogen-bond donors (Lipinski definition) is 1. The van der Waals surface area contributed by atoms with Crippen molar-refractivity contribution in [2.45, 2.75) is 23.6 Å². The molecule has 2 N–H and O–H groups in total. The summed E-state index contributed by atoms with van der Waals surface area (Å²) in [5.74, 6) is 0.851. The molecule has 0 saturated heterocycles. The lowest BCUT2D eigenvalue weighted by atomic mass is 10.2. The summed E-state index contributed by atoms with van der Waals surface area (Å²) in [6, 6.07) is 8.62. The molecule has 1 aromatic carbocycles. The van der Waals surface area contributed by atoms with Crippen molar-refractivity contribution in [1.29, 1.82) is 0 Å². The molecule has 1 rings (SSSR count). The van der Waals surface area contributed by atoms with Gasteiger partial charge in [0.05, 0.1) is 12.6 Å². The molecule has 5 heteroatoms. The molecule has 0 radical (unpaired) electrons. The molecule has 0 aliphatic heterocycles. The number of rotatable bonds is 6. The number of methoxy groups -OCH3 is 1. The minimum absolute atomic E-state index is 0.112. The van der Waals surface area contributed by atoms with Crippen molar-refractivity contribution in [3.8, 4) is 0 Å². The zero-order chi connectivity index (χ0) is 13.4. The van der Waals surface area contributed by atoms with Crippen molar-refractivity contribution in [1.82, 2.24) is 0 Å². The minimum Gasteiger partial charge on any atom is -0.382 e. The standard InChI is InChI=1S/C13H20N2OS2/c1-10(8-16-2)15-13(14)18-9-11-4-6-12(17-3)7-5-11/h4-7,10H,8-9H2,1-3H3,(H2,14,15)/t10-/m0/s1. The number of amidine groups is 1. The molecule has 0 fully saturated rings. The van der Waals surface area contributed by atoms with Gasteiger partial charge in [0.1, 0.15) is 0 Å². The van der Waals surface area contributed by atoms with Crippen LogP contribution in [0.3, 0.4) is 0 Å². The first kappa shape index (κ1) is 15.4. The van der Waals surface area contributed by atoms with E-state index in [4.69, 9.17) is 10.5 Å². The van der Waals surface area contributed by atoms with E-state index in [0.717, 1.165) is 5.75 Å². The van der Waals surface area contributed by atoms with E-state index in [0.29, 0.717) is 11.8 Å². The van der Waals surface area contributed by atoms with E-state index in [1.54, 1.807) is 30.6 Å². The Hall–Kier alpha value is -0.650. The van der Waals surface area contributed by atoms with Gasteiger partial charge in [-0.05, 0) is 30.9 Å². The summed E-state index contributed by atoms with van der Waals surface area (Å²) in [6.07, 6.45) is 2.07. The third-order valence-corrected chi connectivity index (χ3v) is 3.92. The topological polar surface area (TPSA) is 47.6 Å². The molecule has 0 saturated carbocycles. The lowest BCUT2D eigenvalue weighted by Crippen LogP contribution is -2.15. The van der Waals surface area contributed by atoms with E-state index in [1.165, 1.54) is 10.5 Å². The number of ether oxygens (including phenoxy) is 1. The lowest BCUT2D eigenvalue weighted by Gasteiger charge is -2.07. The summed E-state index contributed by atoms with van der Waals surface area (Å²) in [5, 5.41) is 0.619. The lowest BCUT2D eigenvalue weighted by molar-refractivity contribution is 0.186. The highest BCUT2D eigenvalue weighted by atomic mass is 32.2. The van der Waals surface area contributed by atoms with Gasteiger partial charge in [-0.1, -0.05) is 23.9 Å². The fraction of sp³-hybridized carbons (Fsp3) is 0.462. The molecule has 0 amide bonds. The molecule has 0 heterocycles. The molecule has 0 aromatic heterocycles. The molecule has 0 spiro atoms. The van der Waals surface area contributed by atoms with Gasteiger partial charge in [-0.15, -0.1) is 11.8 Å². The first-order valence-electron chi connectivity index (χ1n) is 5.73. The van der Waals surface area contributed by atoms with Gasteiger partial charge in [0.2, 0.25) is 0 Å². The maximum absolute atomic E-state index is 5.86. The smallest absolute Gasteiger partial charge is 0.154 e. The fourth-order valence-corrected chi connectivity index (χ4v) is 2.58. The zero-order valence-corrected chi connectivity index (χ0v) is 12.7. The molecule has 1 aromatic rings. The van der Waals surface area contributed by atoms with Gasteiger partial charge in [-0.2, -0.15) is 0 Å². The maximum Gasteiger partial charge on any atom is 0.154 e. The van der Waals surface area contributed by atoms with Crippen LogP contribution in [0, 0.1) is 0 Å². The van der Waals surface area contributed by atoms with Gasteiger partial charge in [-0.25, -0.2) is 0 Å². The Morgan fingerprint density at radius 1 is 1.39 bits per heavy atom. The molecule has 0 unspecified atom stereocenters. The van der Waals surface area contributed by atoms with Crippen LogP contribution in [0.4, 0.5) is 0 Å². The van der Waals surface area contributed by atoms with Crippen molar-refractivity contribution < 1.29 is 4.74 Å². The van der Waals surface area contributed by atoms with Gasteiger partial charge in [-0.3, -0.25) is 4.99 Å². The number of benzene rings is 1. The Bertz CT molecular complexity index is 379. The summed E-state index contributed by atoms with van der Waals surface area (Å²) in [6.45, 7) is 2.59. The molecule has 100 valence electrons. The average molecular weight is 284 g/mol. The van der Waals surface area contributed by atoms with Crippen LogP contribution in [0.25, 0.3) is 0 Å². The van der Waals surface area contributed by atoms with Crippen LogP contribution in [0.1, 0.15) is 12.5 Å². The SMILES string of the molecule is COC[C@H](C)N=C(N)SCc1ccc(SC)cc1. The van der Waals surface area contributed by atoms with E-state index >= 15 is 0 Å². The van der Waals surface area contributed by atoms with Gasteiger partial charge >= 0.3 is 0 Å². The second kappa shape index (κ2) is 8.45. The van der Waals surface area contributed by atoms with E-state index < -0.39 is 0 Å². The molecular weight excluding hydrogens is 264 g/mol. The number of thioether (sulfide) groups is 2. The van der Waals surface area contributed by atoms with Crippen LogP contribution in [0.5, 0.6) is 0 Å². The highest BCUT2D eigenvalue weighted by molar-refractivity contribution is 8.13. The Labute approximate surface area is 118 Å². The number of nitrogens with zero attached hydrogens (tertiary/aromatic N) is 1. The van der Waals surface area contributed by atoms with E-state index in [9.17, 15) is 0 Å². The van der Waals surface area contributed by atoms with Gasteiger partial charge in [0, 0.05) is 17.8 Å². The van der Waals surface area contributed by atoms with Crippen LogP contribution >= 0.6 is 23.5 Å². The molecular formula is C13H20N2OS2. The van der Waals surface area contributed by atoms with Gasteiger partial charge in [0.15, 0.2) is 5.17 Å². The maximum atomic E-state index is 5.86. The monoisotopic (exact) mass is 284 g/mol. The summed E-state index contributed by atoms with van der Waals surface area (Å²) in [4.78, 5) is 5.62. The highest BCUT2D eigenvalue weighted by Gasteiger charge is 2.01. The predicted octanol–water partition coefficient (Wildman–Crippen LogP) is 2.99. The fourth-order valence-electron chi connectivity index (χ4n) is 1.41. The van der Waals surface area contributed by atoms with Crippen LogP contribution in [-0.2, 0) is 10.5 Å². The predicted molar refractivity (Wildman–Crippen MR) is 82.5 cm³/mol. The van der Waals surface area contributed by atoms with Crippen LogP contribution < -0.4 is 5.73 Å². The molecule has 0 bridgehead atoms. The molecule has 0 aliphatic carbocycles. The van der Waals surface area contributed by atoms with Crippen molar-refractivity contribution in [3.05, 3.63) is 29.8 Å².